The van der Waals surface area contributed by atoms with Gasteiger partial charge in [-0.1, -0.05) is 13.8 Å². The van der Waals surface area contributed by atoms with Crippen molar-refractivity contribution >= 4 is 0 Å². The number of nitrogens with zero attached hydrogens (tertiary/aromatic N) is 2. The Morgan fingerprint density at radius 3 is 2.69 bits per heavy atom. The average molecular weight is 227 g/mol. The molecule has 0 aromatic heterocycles. The first kappa shape index (κ1) is 13.9. The van der Waals surface area contributed by atoms with Crippen LogP contribution in [0.25, 0.3) is 0 Å². The van der Waals surface area contributed by atoms with Crippen LogP contribution < -0.4 is 5.32 Å². The molecule has 0 saturated carbocycles. The molecule has 1 fully saturated rings. The zero-order valence-electron chi connectivity index (χ0n) is 11.7. The van der Waals surface area contributed by atoms with Crippen LogP contribution in [0.3, 0.4) is 0 Å². The van der Waals surface area contributed by atoms with Crippen LogP contribution in [0.4, 0.5) is 0 Å². The van der Waals surface area contributed by atoms with E-state index in [0.29, 0.717) is 6.04 Å². The van der Waals surface area contributed by atoms with Crippen molar-refractivity contribution in [3.8, 4) is 0 Å². The highest BCUT2D eigenvalue weighted by atomic mass is 15.2. The third kappa shape index (κ3) is 4.04. The van der Waals surface area contributed by atoms with Gasteiger partial charge in [-0.15, -0.1) is 0 Å². The van der Waals surface area contributed by atoms with Crippen molar-refractivity contribution in [1.82, 2.24) is 15.1 Å². The van der Waals surface area contributed by atoms with Gasteiger partial charge in [0.2, 0.25) is 0 Å². The molecule has 0 spiro atoms. The van der Waals surface area contributed by atoms with Crippen molar-refractivity contribution < 1.29 is 0 Å². The molecule has 1 N–H and O–H groups in total. The maximum absolute atomic E-state index is 3.72. The van der Waals surface area contributed by atoms with Crippen LogP contribution in [0.15, 0.2) is 0 Å². The van der Waals surface area contributed by atoms with Crippen molar-refractivity contribution in [2.24, 2.45) is 5.92 Å². The largest absolute Gasteiger partial charge is 0.312 e. The van der Waals surface area contributed by atoms with E-state index in [0.717, 1.165) is 31.6 Å². The van der Waals surface area contributed by atoms with Gasteiger partial charge < -0.3 is 15.1 Å². The summed E-state index contributed by atoms with van der Waals surface area (Å²) in [5.41, 5.74) is 0. The van der Waals surface area contributed by atoms with Crippen LogP contribution in [-0.4, -0.2) is 62.2 Å². The monoisotopic (exact) mass is 227 g/mol. The molecule has 16 heavy (non-hydrogen) atoms. The first-order valence-corrected chi connectivity index (χ1v) is 6.66. The summed E-state index contributed by atoms with van der Waals surface area (Å²) in [6.45, 7) is 11.5. The van der Waals surface area contributed by atoms with Gasteiger partial charge in [0.1, 0.15) is 0 Å². The van der Waals surface area contributed by atoms with Crippen LogP contribution in [0.1, 0.15) is 27.2 Å². The van der Waals surface area contributed by atoms with Crippen molar-refractivity contribution in [2.45, 2.75) is 39.3 Å². The maximum Gasteiger partial charge on any atom is 0.0120 e. The van der Waals surface area contributed by atoms with E-state index < -0.39 is 0 Å². The second kappa shape index (κ2) is 6.58. The van der Waals surface area contributed by atoms with Gasteiger partial charge in [0, 0.05) is 31.7 Å². The van der Waals surface area contributed by atoms with Gasteiger partial charge in [-0.3, -0.25) is 0 Å². The van der Waals surface area contributed by atoms with Gasteiger partial charge in [0.15, 0.2) is 0 Å². The summed E-state index contributed by atoms with van der Waals surface area (Å²) < 4.78 is 0. The van der Waals surface area contributed by atoms with Crippen LogP contribution in [0.2, 0.25) is 0 Å². The normalized spacial score (nSPS) is 32.2. The van der Waals surface area contributed by atoms with E-state index in [-0.39, 0.29) is 0 Å². The molecule has 1 heterocycles. The molecule has 1 rings (SSSR count). The minimum atomic E-state index is 0.705. The zero-order valence-corrected chi connectivity index (χ0v) is 11.7. The Morgan fingerprint density at radius 2 is 2.06 bits per heavy atom. The molecule has 0 amide bonds. The number of hydrogen-bond acceptors (Lipinski definition) is 3. The highest BCUT2D eigenvalue weighted by Gasteiger charge is 2.28. The summed E-state index contributed by atoms with van der Waals surface area (Å²) in [7, 11) is 4.42. The Labute approximate surface area is 101 Å². The number of hydrogen-bond donors (Lipinski definition) is 1. The lowest BCUT2D eigenvalue weighted by Crippen LogP contribution is -2.51. The van der Waals surface area contributed by atoms with E-state index in [9.17, 15) is 0 Å². The number of likely N-dealkylation sites (tertiary alicyclic amines) is 1. The first-order chi connectivity index (χ1) is 7.54. The highest BCUT2D eigenvalue weighted by Crippen LogP contribution is 2.20. The molecule has 1 saturated heterocycles. The predicted octanol–water partition coefficient (Wildman–Crippen LogP) is 1.26. The summed E-state index contributed by atoms with van der Waals surface area (Å²) in [5.74, 6) is 0.771. The van der Waals surface area contributed by atoms with Gasteiger partial charge in [0.25, 0.3) is 0 Å². The van der Waals surface area contributed by atoms with Crippen LogP contribution in [0, 0.1) is 5.92 Å². The SMILES string of the molecule is CCN(C)CCNC1CC(C)N(C)CC1C. The van der Waals surface area contributed by atoms with Gasteiger partial charge in [-0.05, 0) is 39.9 Å². The Morgan fingerprint density at radius 1 is 1.38 bits per heavy atom. The molecule has 0 aromatic rings. The fraction of sp³-hybridized carbons (Fsp3) is 1.00. The number of likely N-dealkylation sites (N-methyl/N-ethyl adjacent to an activating group) is 1. The maximum atomic E-state index is 3.72. The fourth-order valence-electron chi connectivity index (χ4n) is 2.42. The van der Waals surface area contributed by atoms with Crippen molar-refractivity contribution in [1.29, 1.82) is 0 Å². The van der Waals surface area contributed by atoms with Gasteiger partial charge >= 0.3 is 0 Å². The van der Waals surface area contributed by atoms with Gasteiger partial charge in [-0.2, -0.15) is 0 Å². The summed E-state index contributed by atoms with van der Waals surface area (Å²) >= 11 is 0. The van der Waals surface area contributed by atoms with E-state index in [4.69, 9.17) is 0 Å². The molecule has 3 nitrogen and oxygen atoms in total. The Balaban J connectivity index is 2.25. The minimum Gasteiger partial charge on any atom is -0.312 e. The van der Waals surface area contributed by atoms with E-state index in [1.54, 1.807) is 0 Å². The molecule has 1 aliphatic heterocycles. The lowest BCUT2D eigenvalue weighted by atomic mass is 9.90. The molecule has 0 aliphatic carbocycles. The van der Waals surface area contributed by atoms with Crippen molar-refractivity contribution in [3.05, 3.63) is 0 Å². The lowest BCUT2D eigenvalue weighted by Gasteiger charge is -2.40. The third-order valence-corrected chi connectivity index (χ3v) is 4.05. The molecule has 3 unspecified atom stereocenters. The molecule has 96 valence electrons. The highest BCUT2D eigenvalue weighted by molar-refractivity contribution is 4.86. The standard InChI is InChI=1S/C13H29N3/c1-6-15(4)8-7-14-13-9-12(3)16(5)10-11(13)2/h11-14H,6-10H2,1-5H3. The molecule has 0 radical (unpaired) electrons. The van der Waals surface area contributed by atoms with E-state index in [1.165, 1.54) is 13.0 Å². The smallest absolute Gasteiger partial charge is 0.0120 e. The quantitative estimate of drug-likeness (QED) is 0.763. The molecule has 0 aromatic carbocycles. The topological polar surface area (TPSA) is 18.5 Å². The third-order valence-electron chi connectivity index (χ3n) is 4.05. The Bertz CT molecular complexity index is 196. The zero-order chi connectivity index (χ0) is 12.1. The second-order valence-corrected chi connectivity index (χ2v) is 5.46. The number of nitrogens with one attached hydrogen (secondary N) is 1. The molecule has 3 atom stereocenters. The number of piperidine rings is 1. The first-order valence-electron chi connectivity index (χ1n) is 6.66. The van der Waals surface area contributed by atoms with Gasteiger partial charge in [-0.25, -0.2) is 0 Å². The summed E-state index contributed by atoms with van der Waals surface area (Å²) in [6.07, 6.45) is 1.29. The van der Waals surface area contributed by atoms with Crippen LogP contribution in [-0.2, 0) is 0 Å². The summed E-state index contributed by atoms with van der Waals surface area (Å²) in [6, 6.07) is 1.43. The van der Waals surface area contributed by atoms with Gasteiger partial charge in [0.05, 0.1) is 0 Å². The summed E-state index contributed by atoms with van der Waals surface area (Å²) in [4.78, 5) is 4.83. The molecular formula is C13H29N3. The Kier molecular flexibility index (Phi) is 5.73. The average Bonchev–Trinajstić information content (AvgIpc) is 2.25. The second-order valence-electron chi connectivity index (χ2n) is 5.46. The predicted molar refractivity (Wildman–Crippen MR) is 70.8 cm³/mol. The molecule has 1 aliphatic rings. The van der Waals surface area contributed by atoms with E-state index in [1.807, 2.05) is 0 Å². The lowest BCUT2D eigenvalue weighted by molar-refractivity contribution is 0.120. The molecule has 3 heteroatoms. The summed E-state index contributed by atoms with van der Waals surface area (Å²) in [5, 5.41) is 3.72. The molecular weight excluding hydrogens is 198 g/mol. The Hall–Kier alpha value is -0.120. The number of rotatable bonds is 5. The van der Waals surface area contributed by atoms with Crippen LogP contribution >= 0.6 is 0 Å². The van der Waals surface area contributed by atoms with E-state index in [2.05, 4.69) is 50.0 Å². The van der Waals surface area contributed by atoms with Crippen molar-refractivity contribution in [2.75, 3.05) is 40.3 Å². The minimum absolute atomic E-state index is 0.705. The van der Waals surface area contributed by atoms with Crippen molar-refractivity contribution in [3.63, 3.8) is 0 Å². The molecule has 0 bridgehead atoms. The van der Waals surface area contributed by atoms with E-state index >= 15 is 0 Å². The fourth-order valence-corrected chi connectivity index (χ4v) is 2.42. The van der Waals surface area contributed by atoms with Crippen LogP contribution in [0.5, 0.6) is 0 Å².